The highest BCUT2D eigenvalue weighted by Crippen LogP contribution is 2.69. The molecule has 0 amide bonds. The molecule has 0 radical (unpaired) electrons. The molecule has 0 saturated heterocycles. The molecule has 0 N–H and O–H groups in total. The Morgan fingerprint density at radius 1 is 0.736 bits per heavy atom. The Bertz CT molecular complexity index is 1460. The van der Waals surface area contributed by atoms with E-state index >= 15 is 0 Å². The molecule has 3 fully saturated rings. The van der Waals surface area contributed by atoms with Gasteiger partial charge in [-0.3, -0.25) is 0 Å². The predicted octanol–water partition coefficient (Wildman–Crippen LogP) is 11.2. The van der Waals surface area contributed by atoms with Gasteiger partial charge in [0.15, 0.2) is 33.3 Å². The van der Waals surface area contributed by atoms with Gasteiger partial charge in [0.05, 0.1) is 12.7 Å². The largest absolute Gasteiger partial charge is 0.456 e. The van der Waals surface area contributed by atoms with Crippen molar-refractivity contribution in [1.82, 2.24) is 0 Å². The lowest BCUT2D eigenvalue weighted by atomic mass is 9.45. The van der Waals surface area contributed by atoms with E-state index in [0.717, 1.165) is 37.1 Å². The van der Waals surface area contributed by atoms with Gasteiger partial charge in [0.25, 0.3) is 16.6 Å². The number of rotatable bonds is 14. The van der Waals surface area contributed by atoms with Gasteiger partial charge in [-0.05, 0) is 179 Å². The van der Waals surface area contributed by atoms with Crippen LogP contribution in [0.25, 0.3) is 0 Å². The SMILES string of the molecule is CC12C=C/C(=N\O[Si](C)(C)C)C=C1[C@H](O[Si](C)(C)C)CC1C2C(O[Si](C)(C)C)CC2(C)C1CC[C@]2(O[Si](C)(C)C)/C(CO[Si](C)(C)C)=N/O[Si](C)(C)C. The van der Waals surface area contributed by atoms with Crippen LogP contribution in [0.2, 0.25) is 118 Å². The van der Waals surface area contributed by atoms with Crippen molar-refractivity contribution in [2.45, 2.75) is 175 Å². The molecule has 0 aliphatic heterocycles. The molecule has 4 aliphatic carbocycles. The zero-order valence-electron chi connectivity index (χ0n) is 37.5. The maximum atomic E-state index is 7.68. The van der Waals surface area contributed by atoms with E-state index in [4.69, 9.17) is 37.1 Å². The summed E-state index contributed by atoms with van der Waals surface area (Å²) < 4.78 is 41.7. The molecule has 304 valence electrons. The number of nitrogens with zero attached hydrogens (tertiary/aromatic N) is 2. The Balaban J connectivity index is 1.96. The van der Waals surface area contributed by atoms with Crippen LogP contribution in [0, 0.1) is 28.6 Å². The van der Waals surface area contributed by atoms with Crippen molar-refractivity contribution < 1.29 is 26.8 Å². The van der Waals surface area contributed by atoms with Crippen molar-refractivity contribution in [2.24, 2.45) is 38.9 Å². The third kappa shape index (κ3) is 10.9. The molecule has 3 saturated carbocycles. The Morgan fingerprint density at radius 3 is 1.83 bits per heavy atom. The standard InChI is InChI=1S/C39H78N2O6Si6/c1-37-23-21-29(40-46-52(15,16)17)25-32(37)33(43-49(6,7)8)26-30-31-22-24-39(45-51(12,13)14,35(28-42-48(3,4)5)41-47-53(18,19)20)38(31,2)27-34(36(30)37)44-50(9,10)11/h21,23,25,30-31,33-34,36H,22,24,26-28H2,1-20H3/b40-29+,41-35+/t30?,31?,33-,34?,36?,37?,38?,39+/m1/s1. The third-order valence-electron chi connectivity index (χ3n) is 11.0. The van der Waals surface area contributed by atoms with E-state index in [9.17, 15) is 0 Å². The molecule has 0 bridgehead atoms. The quantitative estimate of drug-likeness (QED) is 0.0985. The summed E-state index contributed by atoms with van der Waals surface area (Å²) in [5, 5.41) is 9.84. The molecule has 0 spiro atoms. The van der Waals surface area contributed by atoms with Gasteiger partial charge in [-0.1, -0.05) is 19.9 Å². The first kappa shape index (κ1) is 45.3. The summed E-state index contributed by atoms with van der Waals surface area (Å²) in [5.41, 5.74) is 2.07. The zero-order valence-corrected chi connectivity index (χ0v) is 43.5. The second kappa shape index (κ2) is 15.1. The molecule has 53 heavy (non-hydrogen) atoms. The Hall–Kier alpha value is -0.439. The Labute approximate surface area is 331 Å². The van der Waals surface area contributed by atoms with Crippen molar-refractivity contribution in [3.05, 3.63) is 23.8 Å². The molecule has 14 heteroatoms. The van der Waals surface area contributed by atoms with Crippen molar-refractivity contribution >= 4 is 61.3 Å². The van der Waals surface area contributed by atoms with Gasteiger partial charge in [0, 0.05) is 16.9 Å². The minimum absolute atomic E-state index is 0.00340. The lowest BCUT2D eigenvalue weighted by Crippen LogP contribution is -2.66. The van der Waals surface area contributed by atoms with Crippen LogP contribution in [-0.4, -0.2) is 85.7 Å². The Kier molecular flexibility index (Phi) is 12.9. The van der Waals surface area contributed by atoms with Crippen LogP contribution in [0.4, 0.5) is 0 Å². The minimum atomic E-state index is -2.12. The number of hydrogen-bond acceptors (Lipinski definition) is 8. The monoisotopic (exact) mass is 838 g/mol. The van der Waals surface area contributed by atoms with E-state index < -0.39 is 55.5 Å². The average Bonchev–Trinajstić information content (AvgIpc) is 3.19. The van der Waals surface area contributed by atoms with Gasteiger partial charge in [0.1, 0.15) is 17.0 Å². The molecule has 0 aromatic carbocycles. The number of hydrogen-bond donors (Lipinski definition) is 0. The molecule has 6 unspecified atom stereocenters. The topological polar surface area (TPSA) is 80.1 Å². The van der Waals surface area contributed by atoms with Crippen molar-refractivity contribution in [2.75, 3.05) is 6.61 Å². The molecule has 0 heterocycles. The van der Waals surface area contributed by atoms with Crippen LogP contribution in [0.5, 0.6) is 0 Å². The maximum Gasteiger partial charge on any atom is 0.278 e. The highest BCUT2D eigenvalue weighted by atomic mass is 28.4. The third-order valence-corrected chi connectivity index (χ3v) is 16.3. The minimum Gasteiger partial charge on any atom is -0.456 e. The highest BCUT2D eigenvalue weighted by molar-refractivity contribution is 6.71. The summed E-state index contributed by atoms with van der Waals surface area (Å²) in [6, 6.07) is 0. The lowest BCUT2D eigenvalue weighted by Gasteiger charge is -2.63. The van der Waals surface area contributed by atoms with Crippen LogP contribution >= 0.6 is 0 Å². The summed E-state index contributed by atoms with van der Waals surface area (Å²) in [6.07, 6.45) is 10.8. The smallest absolute Gasteiger partial charge is 0.278 e. The van der Waals surface area contributed by atoms with Gasteiger partial charge in [-0.25, -0.2) is 0 Å². The summed E-state index contributed by atoms with van der Waals surface area (Å²) >= 11 is 0. The second-order valence-corrected chi connectivity index (χ2v) is 49.5. The van der Waals surface area contributed by atoms with Crippen molar-refractivity contribution in [3.63, 3.8) is 0 Å². The molecule has 8 nitrogen and oxygen atoms in total. The van der Waals surface area contributed by atoms with Gasteiger partial charge >= 0.3 is 0 Å². The molecular formula is C39H78N2O6Si6. The van der Waals surface area contributed by atoms with E-state index in [2.05, 4.69) is 150 Å². The summed E-state index contributed by atoms with van der Waals surface area (Å²) in [4.78, 5) is 0. The van der Waals surface area contributed by atoms with E-state index in [1.807, 2.05) is 0 Å². The van der Waals surface area contributed by atoms with Crippen molar-refractivity contribution in [1.29, 1.82) is 0 Å². The van der Waals surface area contributed by atoms with Crippen molar-refractivity contribution in [3.8, 4) is 0 Å². The van der Waals surface area contributed by atoms with Crippen LogP contribution in [0.1, 0.15) is 39.5 Å². The van der Waals surface area contributed by atoms with Crippen LogP contribution in [-0.2, 0) is 26.8 Å². The fourth-order valence-electron chi connectivity index (χ4n) is 9.58. The first-order valence-corrected chi connectivity index (χ1v) is 40.7. The van der Waals surface area contributed by atoms with E-state index in [0.29, 0.717) is 18.4 Å². The average molecular weight is 840 g/mol. The predicted molar refractivity (Wildman–Crippen MR) is 239 cm³/mol. The molecule has 8 atom stereocenters. The fourth-order valence-corrected chi connectivity index (χ4v) is 14.6. The van der Waals surface area contributed by atoms with E-state index in [1.54, 1.807) is 0 Å². The van der Waals surface area contributed by atoms with Crippen LogP contribution < -0.4 is 0 Å². The highest BCUT2D eigenvalue weighted by Gasteiger charge is 2.70. The first-order valence-electron chi connectivity index (χ1n) is 20.3. The maximum absolute atomic E-state index is 7.68. The molecule has 0 aromatic rings. The van der Waals surface area contributed by atoms with E-state index in [-0.39, 0.29) is 29.0 Å². The number of fused-ring (bicyclic) bond motifs is 5. The van der Waals surface area contributed by atoms with Gasteiger partial charge in [0.2, 0.25) is 0 Å². The molecule has 4 rings (SSSR count). The molecule has 0 aromatic heterocycles. The fraction of sp³-hybridized carbons (Fsp3) is 0.846. The first-order chi connectivity index (χ1) is 23.7. The summed E-state index contributed by atoms with van der Waals surface area (Å²) in [5.74, 6) is 1.04. The normalized spacial score (nSPS) is 35.1. The number of oxime groups is 2. The van der Waals surface area contributed by atoms with Gasteiger partial charge in [-0.15, -0.1) is 10.3 Å². The number of allylic oxidation sites excluding steroid dienone is 3. The lowest BCUT2D eigenvalue weighted by molar-refractivity contribution is -0.143. The van der Waals surface area contributed by atoms with E-state index in [1.165, 1.54) is 5.57 Å². The van der Waals surface area contributed by atoms with Gasteiger partial charge in [-0.2, -0.15) is 0 Å². The van der Waals surface area contributed by atoms with Crippen LogP contribution in [0.3, 0.4) is 0 Å². The zero-order chi connectivity index (χ0) is 40.4. The summed E-state index contributed by atoms with van der Waals surface area (Å²) in [6.45, 7) is 46.4. The summed E-state index contributed by atoms with van der Waals surface area (Å²) in [7, 11) is -11.8. The Morgan fingerprint density at radius 2 is 1.32 bits per heavy atom. The van der Waals surface area contributed by atoms with Crippen LogP contribution in [0.15, 0.2) is 34.1 Å². The molecular weight excluding hydrogens is 761 g/mol. The molecule has 4 aliphatic rings. The second-order valence-electron chi connectivity index (χ2n) is 22.8. The van der Waals surface area contributed by atoms with Gasteiger partial charge < -0.3 is 26.8 Å².